The average molecular weight is 298 g/mol. The van der Waals surface area contributed by atoms with E-state index in [0.717, 1.165) is 21.9 Å². The van der Waals surface area contributed by atoms with Gasteiger partial charge in [-0.25, -0.2) is 0 Å². The van der Waals surface area contributed by atoms with E-state index in [4.69, 9.17) is 28.9 Å². The van der Waals surface area contributed by atoms with Gasteiger partial charge in [-0.05, 0) is 42.3 Å². The maximum Gasteiger partial charge on any atom is 0.0595 e. The summed E-state index contributed by atoms with van der Waals surface area (Å²) in [6, 6.07) is 11.7. The van der Waals surface area contributed by atoms with Gasteiger partial charge in [-0.1, -0.05) is 35.3 Å². The van der Waals surface area contributed by atoms with E-state index in [2.05, 4.69) is 13.0 Å². The first-order valence-corrected chi connectivity index (χ1v) is 7.23. The highest BCUT2D eigenvalue weighted by molar-refractivity contribution is 7.98. The Hall–Kier alpha value is -0.830. The molecule has 0 radical (unpaired) electrons. The summed E-state index contributed by atoms with van der Waals surface area (Å²) in [6.07, 6.45) is 0. The largest absolute Gasteiger partial charge is 0.398 e. The van der Waals surface area contributed by atoms with E-state index in [9.17, 15) is 0 Å². The van der Waals surface area contributed by atoms with Crippen LogP contribution in [-0.4, -0.2) is 0 Å². The number of hydrogen-bond donors (Lipinski definition) is 1. The smallest absolute Gasteiger partial charge is 0.0595 e. The van der Waals surface area contributed by atoms with Crippen molar-refractivity contribution in [2.45, 2.75) is 17.6 Å². The van der Waals surface area contributed by atoms with Gasteiger partial charge in [0.05, 0.1) is 10.0 Å². The number of hydrogen-bond acceptors (Lipinski definition) is 2. The van der Waals surface area contributed by atoms with E-state index in [1.54, 1.807) is 11.8 Å². The van der Waals surface area contributed by atoms with Crippen LogP contribution in [0.5, 0.6) is 0 Å². The predicted octanol–water partition coefficient (Wildman–Crippen LogP) is 5.18. The van der Waals surface area contributed by atoms with Crippen LogP contribution < -0.4 is 5.73 Å². The number of halogens is 2. The zero-order valence-corrected chi connectivity index (χ0v) is 12.2. The number of aryl methyl sites for hydroxylation is 1. The first kappa shape index (κ1) is 13.6. The van der Waals surface area contributed by atoms with Crippen LogP contribution in [0.15, 0.2) is 41.3 Å². The average Bonchev–Trinajstić information content (AvgIpc) is 2.34. The van der Waals surface area contributed by atoms with Crippen LogP contribution in [0.25, 0.3) is 0 Å². The molecule has 0 aliphatic heterocycles. The van der Waals surface area contributed by atoms with Crippen molar-refractivity contribution in [1.82, 2.24) is 0 Å². The molecule has 0 aromatic heterocycles. The normalized spacial score (nSPS) is 10.6. The molecular formula is C14H13Cl2NS. The molecule has 4 heteroatoms. The minimum absolute atomic E-state index is 0.584. The summed E-state index contributed by atoms with van der Waals surface area (Å²) in [7, 11) is 0. The van der Waals surface area contributed by atoms with Gasteiger partial charge in [-0.2, -0.15) is 0 Å². The van der Waals surface area contributed by atoms with Gasteiger partial charge in [-0.3, -0.25) is 0 Å². The first-order chi connectivity index (χ1) is 8.56. The summed E-state index contributed by atoms with van der Waals surface area (Å²) >= 11 is 13.6. The van der Waals surface area contributed by atoms with Gasteiger partial charge in [0.25, 0.3) is 0 Å². The van der Waals surface area contributed by atoms with Crippen molar-refractivity contribution in [3.8, 4) is 0 Å². The van der Waals surface area contributed by atoms with Crippen LogP contribution in [0.3, 0.4) is 0 Å². The number of nitrogen functional groups attached to an aromatic ring is 1. The second-order valence-corrected chi connectivity index (χ2v) is 5.91. The number of benzene rings is 2. The van der Waals surface area contributed by atoms with E-state index in [1.807, 2.05) is 30.3 Å². The number of anilines is 1. The summed E-state index contributed by atoms with van der Waals surface area (Å²) in [6.45, 7) is 2.06. The van der Waals surface area contributed by atoms with Crippen molar-refractivity contribution in [3.05, 3.63) is 57.6 Å². The summed E-state index contributed by atoms with van der Waals surface area (Å²) in [5.41, 5.74) is 9.09. The minimum atomic E-state index is 0.584. The van der Waals surface area contributed by atoms with E-state index in [0.29, 0.717) is 10.0 Å². The standard InChI is InChI=1S/C14H13Cl2NS/c1-9-2-5-13(17)14(6-9)18-8-10-3-4-11(15)12(16)7-10/h2-7H,8,17H2,1H3. The minimum Gasteiger partial charge on any atom is -0.398 e. The zero-order valence-electron chi connectivity index (χ0n) is 9.91. The number of thioether (sulfide) groups is 1. The monoisotopic (exact) mass is 297 g/mol. The Labute approximate surface area is 121 Å². The molecule has 94 valence electrons. The molecule has 0 bridgehead atoms. The molecule has 2 rings (SSSR count). The van der Waals surface area contributed by atoms with E-state index >= 15 is 0 Å². The molecule has 2 aromatic rings. The molecule has 0 heterocycles. The van der Waals surface area contributed by atoms with Crippen LogP contribution in [0.4, 0.5) is 5.69 Å². The molecule has 0 amide bonds. The van der Waals surface area contributed by atoms with Crippen molar-refractivity contribution in [3.63, 3.8) is 0 Å². The van der Waals surface area contributed by atoms with Crippen molar-refractivity contribution in [2.75, 3.05) is 5.73 Å². The first-order valence-electron chi connectivity index (χ1n) is 5.49. The maximum absolute atomic E-state index is 5.99. The van der Waals surface area contributed by atoms with Crippen molar-refractivity contribution in [2.24, 2.45) is 0 Å². The van der Waals surface area contributed by atoms with Crippen LogP contribution in [-0.2, 0) is 5.75 Å². The lowest BCUT2D eigenvalue weighted by Crippen LogP contribution is -1.90. The lowest BCUT2D eigenvalue weighted by molar-refractivity contribution is 1.34. The summed E-state index contributed by atoms with van der Waals surface area (Å²) in [5.74, 6) is 0.824. The molecule has 0 unspecified atom stereocenters. The summed E-state index contributed by atoms with van der Waals surface area (Å²) in [4.78, 5) is 1.10. The summed E-state index contributed by atoms with van der Waals surface area (Å²) in [5, 5.41) is 1.17. The molecule has 2 N–H and O–H groups in total. The second kappa shape index (κ2) is 5.87. The Balaban J connectivity index is 2.11. The van der Waals surface area contributed by atoms with Crippen LogP contribution in [0.1, 0.15) is 11.1 Å². The lowest BCUT2D eigenvalue weighted by atomic mass is 10.2. The van der Waals surface area contributed by atoms with E-state index in [-0.39, 0.29) is 0 Å². The third kappa shape index (κ3) is 3.35. The van der Waals surface area contributed by atoms with E-state index < -0.39 is 0 Å². The molecule has 0 saturated heterocycles. The Morgan fingerprint density at radius 3 is 2.56 bits per heavy atom. The Morgan fingerprint density at radius 2 is 1.83 bits per heavy atom. The van der Waals surface area contributed by atoms with E-state index in [1.165, 1.54) is 5.56 Å². The molecule has 0 saturated carbocycles. The molecular weight excluding hydrogens is 285 g/mol. The van der Waals surface area contributed by atoms with Gasteiger partial charge in [0.2, 0.25) is 0 Å². The van der Waals surface area contributed by atoms with Crippen LogP contribution in [0.2, 0.25) is 10.0 Å². The fraction of sp³-hybridized carbons (Fsp3) is 0.143. The molecule has 2 aromatic carbocycles. The molecule has 0 fully saturated rings. The second-order valence-electron chi connectivity index (χ2n) is 4.08. The van der Waals surface area contributed by atoms with Gasteiger partial charge >= 0.3 is 0 Å². The van der Waals surface area contributed by atoms with Crippen molar-refractivity contribution < 1.29 is 0 Å². The fourth-order valence-electron chi connectivity index (χ4n) is 1.56. The molecule has 18 heavy (non-hydrogen) atoms. The number of rotatable bonds is 3. The van der Waals surface area contributed by atoms with Gasteiger partial charge < -0.3 is 5.73 Å². The van der Waals surface area contributed by atoms with Crippen LogP contribution in [0, 0.1) is 6.92 Å². The Bertz CT molecular complexity index is 570. The lowest BCUT2D eigenvalue weighted by Gasteiger charge is -2.07. The summed E-state index contributed by atoms with van der Waals surface area (Å²) < 4.78 is 0. The molecule has 1 nitrogen and oxygen atoms in total. The quantitative estimate of drug-likeness (QED) is 0.624. The number of nitrogens with two attached hydrogens (primary N) is 1. The molecule has 0 spiro atoms. The van der Waals surface area contributed by atoms with Crippen LogP contribution >= 0.6 is 35.0 Å². The van der Waals surface area contributed by atoms with Gasteiger partial charge in [0, 0.05) is 16.3 Å². The highest BCUT2D eigenvalue weighted by atomic mass is 35.5. The maximum atomic E-state index is 5.99. The zero-order chi connectivity index (χ0) is 13.1. The highest BCUT2D eigenvalue weighted by Gasteiger charge is 2.03. The molecule has 0 aliphatic carbocycles. The third-order valence-corrected chi connectivity index (χ3v) is 4.43. The van der Waals surface area contributed by atoms with Crippen molar-refractivity contribution in [1.29, 1.82) is 0 Å². The highest BCUT2D eigenvalue weighted by Crippen LogP contribution is 2.31. The van der Waals surface area contributed by atoms with Crippen molar-refractivity contribution >= 4 is 40.7 Å². The SMILES string of the molecule is Cc1ccc(N)c(SCc2ccc(Cl)c(Cl)c2)c1. The van der Waals surface area contributed by atoms with Gasteiger partial charge in [0.15, 0.2) is 0 Å². The fourth-order valence-corrected chi connectivity index (χ4v) is 2.88. The topological polar surface area (TPSA) is 26.0 Å². The predicted molar refractivity (Wildman–Crippen MR) is 81.6 cm³/mol. The van der Waals surface area contributed by atoms with Gasteiger partial charge in [0.1, 0.15) is 0 Å². The molecule has 0 aliphatic rings. The Kier molecular flexibility index (Phi) is 4.44. The third-order valence-electron chi connectivity index (χ3n) is 2.55. The van der Waals surface area contributed by atoms with Gasteiger partial charge in [-0.15, -0.1) is 11.8 Å². The molecule has 0 atom stereocenters. The Morgan fingerprint density at radius 1 is 1.06 bits per heavy atom.